The summed E-state index contributed by atoms with van der Waals surface area (Å²) in [5.41, 5.74) is 1.08. The van der Waals surface area contributed by atoms with Crippen molar-refractivity contribution >= 4 is 21.8 Å². The van der Waals surface area contributed by atoms with Crippen molar-refractivity contribution < 1.29 is 8.42 Å². The minimum absolute atomic E-state index is 0.312. The Balaban J connectivity index is 2.52. The van der Waals surface area contributed by atoms with Crippen molar-refractivity contribution in [3.05, 3.63) is 42.5 Å². The van der Waals surface area contributed by atoms with Gasteiger partial charge in [-0.05, 0) is 24.2 Å². The lowest BCUT2D eigenvalue weighted by atomic mass is 10.2. The van der Waals surface area contributed by atoms with E-state index in [0.717, 1.165) is 30.2 Å². The lowest BCUT2D eigenvalue weighted by molar-refractivity contribution is 0.584. The van der Waals surface area contributed by atoms with Crippen molar-refractivity contribution in [1.29, 1.82) is 0 Å². The fraction of sp³-hybridized carbons (Fsp3) is 0.429. The molecular weight excluding hydrogens is 292 g/mol. The van der Waals surface area contributed by atoms with Crippen LogP contribution in [0.4, 0.5) is 0 Å². The number of hydrogen-bond acceptors (Lipinski definition) is 4. The molecule has 0 aliphatic carbocycles. The molecule has 112 valence electrons. The van der Waals surface area contributed by atoms with Crippen LogP contribution in [0.1, 0.15) is 12.5 Å². The van der Waals surface area contributed by atoms with Crippen LogP contribution in [-0.2, 0) is 16.6 Å². The number of rotatable bonds is 10. The Bertz CT molecular complexity index is 498. The monoisotopic (exact) mass is 314 g/mol. The summed E-state index contributed by atoms with van der Waals surface area (Å²) in [5, 5.41) is 3.20. The molecule has 0 unspecified atom stereocenters. The molecule has 4 nitrogen and oxygen atoms in total. The number of nitrogens with one attached hydrogen (secondary N) is 2. The topological polar surface area (TPSA) is 58.2 Å². The van der Waals surface area contributed by atoms with Crippen molar-refractivity contribution in [3.63, 3.8) is 0 Å². The molecule has 0 bridgehead atoms. The minimum Gasteiger partial charge on any atom is -0.313 e. The summed E-state index contributed by atoms with van der Waals surface area (Å²) in [4.78, 5) is 0.312. The normalized spacial score (nSPS) is 11.4. The number of thioether (sulfide) groups is 1. The van der Waals surface area contributed by atoms with E-state index in [0.29, 0.717) is 11.4 Å². The lowest BCUT2D eigenvalue weighted by Crippen LogP contribution is -2.26. The largest absolute Gasteiger partial charge is 0.313 e. The molecule has 0 heterocycles. The Labute approximate surface area is 126 Å². The average molecular weight is 314 g/mol. The van der Waals surface area contributed by atoms with E-state index < -0.39 is 10.0 Å². The van der Waals surface area contributed by atoms with Gasteiger partial charge >= 0.3 is 0 Å². The summed E-state index contributed by atoms with van der Waals surface area (Å²) < 4.78 is 26.7. The second-order valence-corrected chi connectivity index (χ2v) is 7.10. The Morgan fingerprint density at radius 1 is 1.30 bits per heavy atom. The summed E-state index contributed by atoms with van der Waals surface area (Å²) in [7, 11) is -3.39. The smallest absolute Gasteiger partial charge is 0.240 e. The van der Waals surface area contributed by atoms with Gasteiger partial charge in [0, 0.05) is 24.6 Å². The molecule has 2 N–H and O–H groups in total. The van der Waals surface area contributed by atoms with Gasteiger partial charge in [-0.2, -0.15) is 11.8 Å². The van der Waals surface area contributed by atoms with E-state index in [2.05, 4.69) is 16.6 Å². The van der Waals surface area contributed by atoms with Crippen LogP contribution in [0.2, 0.25) is 0 Å². The fourth-order valence-electron chi connectivity index (χ4n) is 1.55. The SMILES string of the molecule is C=CCSCCNS(=O)(=O)c1ccc(CNCC)cc1. The van der Waals surface area contributed by atoms with Crippen LogP contribution in [0.25, 0.3) is 0 Å². The zero-order valence-corrected chi connectivity index (χ0v) is 13.4. The molecule has 0 aliphatic heterocycles. The molecule has 0 fully saturated rings. The molecule has 0 atom stereocenters. The van der Waals surface area contributed by atoms with Gasteiger partial charge in [-0.25, -0.2) is 13.1 Å². The van der Waals surface area contributed by atoms with Crippen LogP contribution < -0.4 is 10.0 Å². The highest BCUT2D eigenvalue weighted by Crippen LogP contribution is 2.10. The van der Waals surface area contributed by atoms with E-state index >= 15 is 0 Å². The third-order valence-electron chi connectivity index (χ3n) is 2.59. The number of benzene rings is 1. The molecule has 0 aromatic heterocycles. The predicted molar refractivity (Wildman–Crippen MR) is 86.5 cm³/mol. The van der Waals surface area contributed by atoms with Gasteiger partial charge in [-0.3, -0.25) is 0 Å². The Morgan fingerprint density at radius 2 is 2.00 bits per heavy atom. The second kappa shape index (κ2) is 9.18. The summed E-state index contributed by atoms with van der Waals surface area (Å²) in [6.07, 6.45) is 1.81. The summed E-state index contributed by atoms with van der Waals surface area (Å²) >= 11 is 1.65. The Kier molecular flexibility index (Phi) is 7.91. The molecule has 20 heavy (non-hydrogen) atoms. The molecule has 0 aliphatic rings. The van der Waals surface area contributed by atoms with Crippen LogP contribution in [0.5, 0.6) is 0 Å². The van der Waals surface area contributed by atoms with Crippen LogP contribution in [0, 0.1) is 0 Å². The predicted octanol–water partition coefficient (Wildman–Crippen LogP) is 1.99. The Morgan fingerprint density at radius 3 is 2.60 bits per heavy atom. The summed E-state index contributed by atoms with van der Waals surface area (Å²) in [5.74, 6) is 1.57. The van der Waals surface area contributed by atoms with Gasteiger partial charge in [0.15, 0.2) is 0 Å². The van der Waals surface area contributed by atoms with Crippen LogP contribution >= 0.6 is 11.8 Å². The first-order chi connectivity index (χ1) is 9.60. The fourth-order valence-corrected chi connectivity index (χ4v) is 3.29. The summed E-state index contributed by atoms with van der Waals surface area (Å²) in [6.45, 7) is 7.73. The maximum absolute atomic E-state index is 12.0. The number of sulfonamides is 1. The second-order valence-electron chi connectivity index (χ2n) is 4.19. The van der Waals surface area contributed by atoms with Crippen molar-refractivity contribution in [2.45, 2.75) is 18.4 Å². The Hall–Kier alpha value is -0.820. The molecule has 6 heteroatoms. The van der Waals surface area contributed by atoms with Crippen molar-refractivity contribution in [2.24, 2.45) is 0 Å². The zero-order valence-electron chi connectivity index (χ0n) is 11.8. The zero-order chi connectivity index (χ0) is 14.8. The molecule has 0 amide bonds. The lowest BCUT2D eigenvalue weighted by Gasteiger charge is -2.07. The molecule has 0 radical (unpaired) electrons. The van der Waals surface area contributed by atoms with Crippen molar-refractivity contribution in [3.8, 4) is 0 Å². The molecular formula is C14H22N2O2S2. The highest BCUT2D eigenvalue weighted by molar-refractivity contribution is 7.99. The molecule has 1 rings (SSSR count). The third kappa shape index (κ3) is 6.09. The molecule has 1 aromatic carbocycles. The number of hydrogen-bond donors (Lipinski definition) is 2. The standard InChI is InChI=1S/C14H22N2O2S2/c1-3-10-19-11-9-16-20(17,18)14-7-5-13(6-8-14)12-15-4-2/h3,5-8,15-16H,1,4,9-12H2,2H3. The quantitative estimate of drug-likeness (QED) is 0.512. The van der Waals surface area contributed by atoms with E-state index in [4.69, 9.17) is 0 Å². The van der Waals surface area contributed by atoms with Gasteiger partial charge in [0.05, 0.1) is 4.90 Å². The van der Waals surface area contributed by atoms with Gasteiger partial charge in [0.25, 0.3) is 0 Å². The average Bonchev–Trinajstić information content (AvgIpc) is 2.45. The maximum atomic E-state index is 12.0. The van der Waals surface area contributed by atoms with Crippen LogP contribution in [0.3, 0.4) is 0 Å². The molecule has 1 aromatic rings. The van der Waals surface area contributed by atoms with E-state index in [1.165, 1.54) is 0 Å². The molecule has 0 saturated heterocycles. The molecule has 0 spiro atoms. The van der Waals surface area contributed by atoms with Crippen LogP contribution in [0.15, 0.2) is 41.8 Å². The highest BCUT2D eigenvalue weighted by Gasteiger charge is 2.12. The highest BCUT2D eigenvalue weighted by atomic mass is 32.2. The first-order valence-corrected chi connectivity index (χ1v) is 9.22. The van der Waals surface area contributed by atoms with Gasteiger partial charge in [-0.1, -0.05) is 25.1 Å². The van der Waals surface area contributed by atoms with E-state index in [1.54, 1.807) is 23.9 Å². The van der Waals surface area contributed by atoms with Gasteiger partial charge < -0.3 is 5.32 Å². The van der Waals surface area contributed by atoms with Crippen molar-refractivity contribution in [1.82, 2.24) is 10.0 Å². The van der Waals surface area contributed by atoms with Gasteiger partial charge in [0.1, 0.15) is 0 Å². The first kappa shape index (κ1) is 17.2. The van der Waals surface area contributed by atoms with E-state index in [-0.39, 0.29) is 0 Å². The third-order valence-corrected chi connectivity index (χ3v) is 5.03. The van der Waals surface area contributed by atoms with E-state index in [9.17, 15) is 8.42 Å². The molecule has 0 saturated carbocycles. The van der Waals surface area contributed by atoms with E-state index in [1.807, 2.05) is 25.1 Å². The minimum atomic E-state index is -3.39. The van der Waals surface area contributed by atoms with Crippen LogP contribution in [-0.4, -0.2) is 33.0 Å². The van der Waals surface area contributed by atoms with Gasteiger partial charge in [-0.15, -0.1) is 6.58 Å². The first-order valence-electron chi connectivity index (χ1n) is 6.58. The summed E-state index contributed by atoms with van der Waals surface area (Å²) in [6, 6.07) is 6.96. The van der Waals surface area contributed by atoms with Gasteiger partial charge in [0.2, 0.25) is 10.0 Å². The maximum Gasteiger partial charge on any atom is 0.240 e. The van der Waals surface area contributed by atoms with Crippen molar-refractivity contribution in [2.75, 3.05) is 24.6 Å².